The molecule has 7 nitrogen and oxygen atoms in total. The third-order valence-electron chi connectivity index (χ3n) is 9.77. The molecule has 0 N–H and O–H groups in total. The Morgan fingerprint density at radius 3 is 1.57 bits per heavy atom. The van der Waals surface area contributed by atoms with Gasteiger partial charge < -0.3 is 28.9 Å². The smallest absolute Gasteiger partial charge is 0.0596 e. The van der Waals surface area contributed by atoms with E-state index in [0.29, 0.717) is 16.9 Å². The quantitative estimate of drug-likeness (QED) is 0.304. The van der Waals surface area contributed by atoms with Gasteiger partial charge in [-0.05, 0) is 123 Å². The standard InChI is InChI=1S/C16H32N2O.C15H30N2O2.C2H6/c1-4-19-14-13-17-9-5-16(6-10-17)7-11-18(12-8-16)15(2)3;1-14(2)19-11-9-16-6-4-15(5-7-16)12-17(13-15)8-10-18-3;1-2/h15H,4-14H2,1-3H3;14H,4-13H2,1-3H3;1-2H3. The van der Waals surface area contributed by atoms with Crippen LogP contribution in [-0.2, 0) is 14.2 Å². The summed E-state index contributed by atoms with van der Waals surface area (Å²) < 4.78 is 16.2. The Labute approximate surface area is 249 Å². The maximum absolute atomic E-state index is 5.63. The van der Waals surface area contributed by atoms with Crippen molar-refractivity contribution in [3.8, 4) is 0 Å². The minimum absolute atomic E-state index is 0.358. The van der Waals surface area contributed by atoms with E-state index in [0.717, 1.165) is 52.1 Å². The molecule has 0 aromatic carbocycles. The van der Waals surface area contributed by atoms with Crippen molar-refractivity contribution in [2.75, 3.05) is 106 Å². The summed E-state index contributed by atoms with van der Waals surface area (Å²) in [6.07, 6.45) is 8.73. The van der Waals surface area contributed by atoms with Gasteiger partial charge in [0.1, 0.15) is 0 Å². The monoisotopic (exact) mass is 569 g/mol. The minimum atomic E-state index is 0.358. The molecule has 4 aliphatic heterocycles. The Morgan fingerprint density at radius 2 is 1.10 bits per heavy atom. The molecule has 0 aromatic rings. The minimum Gasteiger partial charge on any atom is -0.383 e. The number of hydrogen-bond acceptors (Lipinski definition) is 7. The van der Waals surface area contributed by atoms with E-state index in [4.69, 9.17) is 14.2 Å². The molecule has 40 heavy (non-hydrogen) atoms. The van der Waals surface area contributed by atoms with Crippen LogP contribution in [0.5, 0.6) is 0 Å². The number of nitrogens with zero attached hydrogens (tertiary/aromatic N) is 4. The zero-order chi connectivity index (χ0) is 29.4. The fourth-order valence-electron chi connectivity index (χ4n) is 6.87. The lowest BCUT2D eigenvalue weighted by atomic mass is 9.71. The van der Waals surface area contributed by atoms with Gasteiger partial charge in [0, 0.05) is 52.5 Å². The number of rotatable bonds is 12. The molecule has 4 heterocycles. The van der Waals surface area contributed by atoms with Crippen LogP contribution in [0.3, 0.4) is 0 Å². The van der Waals surface area contributed by atoms with E-state index in [1.807, 2.05) is 13.8 Å². The maximum Gasteiger partial charge on any atom is 0.0596 e. The fraction of sp³-hybridized carbons (Fsp3) is 1.00. The first-order chi connectivity index (χ1) is 19.3. The van der Waals surface area contributed by atoms with Crippen molar-refractivity contribution in [3.63, 3.8) is 0 Å². The first-order valence-corrected chi connectivity index (χ1v) is 16.9. The lowest BCUT2D eigenvalue weighted by Crippen LogP contribution is -2.60. The zero-order valence-corrected chi connectivity index (χ0v) is 28.0. The van der Waals surface area contributed by atoms with E-state index in [9.17, 15) is 0 Å². The highest BCUT2D eigenvalue weighted by Crippen LogP contribution is 2.42. The van der Waals surface area contributed by atoms with Gasteiger partial charge in [0.25, 0.3) is 0 Å². The zero-order valence-electron chi connectivity index (χ0n) is 28.0. The van der Waals surface area contributed by atoms with Crippen LogP contribution < -0.4 is 0 Å². The van der Waals surface area contributed by atoms with Crippen LogP contribution >= 0.6 is 0 Å². The summed E-state index contributed by atoms with van der Waals surface area (Å²) in [5, 5.41) is 0. The first-order valence-electron chi connectivity index (χ1n) is 16.9. The molecule has 238 valence electrons. The Hall–Kier alpha value is -0.280. The first kappa shape index (κ1) is 35.9. The summed E-state index contributed by atoms with van der Waals surface area (Å²) in [4.78, 5) is 10.3. The topological polar surface area (TPSA) is 40.7 Å². The Balaban J connectivity index is 0.000000264. The van der Waals surface area contributed by atoms with Crippen molar-refractivity contribution < 1.29 is 14.2 Å². The second-order valence-corrected chi connectivity index (χ2v) is 13.1. The maximum atomic E-state index is 5.63. The van der Waals surface area contributed by atoms with E-state index in [2.05, 4.69) is 54.2 Å². The lowest BCUT2D eigenvalue weighted by Gasteiger charge is -2.54. The largest absolute Gasteiger partial charge is 0.383 e. The molecule has 7 heteroatoms. The Kier molecular flexibility index (Phi) is 17.1. The average molecular weight is 569 g/mol. The van der Waals surface area contributed by atoms with Crippen LogP contribution in [0, 0.1) is 10.8 Å². The van der Waals surface area contributed by atoms with Crippen LogP contribution in [0.4, 0.5) is 0 Å². The molecule has 0 radical (unpaired) electrons. The fourth-order valence-corrected chi connectivity index (χ4v) is 6.87. The van der Waals surface area contributed by atoms with E-state index in [1.165, 1.54) is 90.9 Å². The van der Waals surface area contributed by atoms with E-state index >= 15 is 0 Å². The molecule has 0 aromatic heterocycles. The summed E-state index contributed by atoms with van der Waals surface area (Å²) in [7, 11) is 1.78. The van der Waals surface area contributed by atoms with Gasteiger partial charge in [-0.25, -0.2) is 0 Å². The molecule has 4 rings (SSSR count). The summed E-state index contributed by atoms with van der Waals surface area (Å²) in [6.45, 7) is 32.1. The van der Waals surface area contributed by atoms with Crippen LogP contribution in [0.2, 0.25) is 0 Å². The van der Waals surface area contributed by atoms with Gasteiger partial charge in [0.2, 0.25) is 0 Å². The number of ether oxygens (including phenoxy) is 3. The molecule has 0 aliphatic carbocycles. The van der Waals surface area contributed by atoms with Gasteiger partial charge >= 0.3 is 0 Å². The summed E-state index contributed by atoms with van der Waals surface area (Å²) in [6, 6.07) is 0.726. The molecule has 4 aliphatic rings. The summed E-state index contributed by atoms with van der Waals surface area (Å²) >= 11 is 0. The van der Waals surface area contributed by atoms with E-state index < -0.39 is 0 Å². The predicted octanol–water partition coefficient (Wildman–Crippen LogP) is 5.09. The molecule has 0 saturated carbocycles. The molecular formula is C33H68N4O3. The third-order valence-corrected chi connectivity index (χ3v) is 9.77. The number of hydrogen-bond donors (Lipinski definition) is 0. The van der Waals surface area contributed by atoms with Crippen molar-refractivity contribution in [2.45, 2.75) is 99.1 Å². The Morgan fingerprint density at radius 1 is 0.625 bits per heavy atom. The van der Waals surface area contributed by atoms with Gasteiger partial charge in [0.05, 0.1) is 25.9 Å². The highest BCUT2D eigenvalue weighted by Gasteiger charge is 2.44. The highest BCUT2D eigenvalue weighted by atomic mass is 16.5. The summed E-state index contributed by atoms with van der Waals surface area (Å²) in [5.74, 6) is 0. The molecule has 2 spiro atoms. The molecule has 0 atom stereocenters. The molecule has 0 amide bonds. The normalized spacial score (nSPS) is 23.6. The highest BCUT2D eigenvalue weighted by molar-refractivity contribution is 4.98. The van der Waals surface area contributed by atoms with Gasteiger partial charge in [-0.15, -0.1) is 0 Å². The predicted molar refractivity (Wildman–Crippen MR) is 169 cm³/mol. The Bertz CT molecular complexity index is 613. The number of likely N-dealkylation sites (tertiary alicyclic amines) is 4. The summed E-state index contributed by atoms with van der Waals surface area (Å²) in [5.41, 5.74) is 1.30. The van der Waals surface area contributed by atoms with Gasteiger partial charge in [-0.2, -0.15) is 0 Å². The second kappa shape index (κ2) is 19.1. The van der Waals surface area contributed by atoms with Crippen molar-refractivity contribution in [2.24, 2.45) is 10.8 Å². The van der Waals surface area contributed by atoms with Gasteiger partial charge in [-0.1, -0.05) is 13.8 Å². The SMILES string of the molecule is CC.CCOCCN1CCC2(CC1)CCN(C(C)C)CC2.COCCN1CC2(CCN(CCOC(C)C)CC2)C1. The molecule has 4 saturated heterocycles. The molecule has 4 fully saturated rings. The van der Waals surface area contributed by atoms with Gasteiger partial charge in [-0.3, -0.25) is 4.90 Å². The average Bonchev–Trinajstić information content (AvgIpc) is 2.94. The number of methoxy groups -OCH3 is 1. The van der Waals surface area contributed by atoms with Crippen LogP contribution in [0.25, 0.3) is 0 Å². The molecule has 0 bridgehead atoms. The van der Waals surface area contributed by atoms with Crippen molar-refractivity contribution in [1.29, 1.82) is 0 Å². The van der Waals surface area contributed by atoms with E-state index in [-0.39, 0.29) is 0 Å². The van der Waals surface area contributed by atoms with Crippen LogP contribution in [0.1, 0.15) is 87.0 Å². The number of piperidine rings is 3. The van der Waals surface area contributed by atoms with Crippen LogP contribution in [-0.4, -0.2) is 137 Å². The van der Waals surface area contributed by atoms with E-state index in [1.54, 1.807) is 7.11 Å². The van der Waals surface area contributed by atoms with Gasteiger partial charge in [0.15, 0.2) is 0 Å². The molecular weight excluding hydrogens is 500 g/mol. The second-order valence-electron chi connectivity index (χ2n) is 13.1. The lowest BCUT2D eigenvalue weighted by molar-refractivity contribution is -0.0583. The third kappa shape index (κ3) is 12.1. The molecule has 0 unspecified atom stereocenters. The van der Waals surface area contributed by atoms with Crippen molar-refractivity contribution in [3.05, 3.63) is 0 Å². The van der Waals surface area contributed by atoms with Crippen molar-refractivity contribution >= 4 is 0 Å². The van der Waals surface area contributed by atoms with Crippen molar-refractivity contribution in [1.82, 2.24) is 19.6 Å². The van der Waals surface area contributed by atoms with Crippen LogP contribution in [0.15, 0.2) is 0 Å².